The van der Waals surface area contributed by atoms with Crippen molar-refractivity contribution >= 4 is 29.8 Å². The number of halogens is 2. The van der Waals surface area contributed by atoms with Crippen molar-refractivity contribution in [2.45, 2.75) is 18.7 Å². The third-order valence-corrected chi connectivity index (χ3v) is 5.25. The van der Waals surface area contributed by atoms with Gasteiger partial charge >= 0.3 is 0 Å². The van der Waals surface area contributed by atoms with Gasteiger partial charge in [0, 0.05) is 17.2 Å². The SMILES string of the molecule is Cc1cc(F)cc(C)c1S(=O)(=O)NCCS(=O)(=O)Cl. The Bertz CT molecular complexity index is 662. The first-order valence-corrected chi connectivity index (χ1v) is 9.18. The summed E-state index contributed by atoms with van der Waals surface area (Å²) in [7, 11) is -2.69. The molecule has 9 heteroatoms. The van der Waals surface area contributed by atoms with Crippen molar-refractivity contribution < 1.29 is 21.2 Å². The Labute approximate surface area is 116 Å². The van der Waals surface area contributed by atoms with Crippen LogP contribution < -0.4 is 4.72 Å². The summed E-state index contributed by atoms with van der Waals surface area (Å²) in [6.07, 6.45) is 0. The van der Waals surface area contributed by atoms with E-state index >= 15 is 0 Å². The van der Waals surface area contributed by atoms with E-state index in [1.807, 2.05) is 0 Å². The summed E-state index contributed by atoms with van der Waals surface area (Å²) in [5, 5.41) is 0. The lowest BCUT2D eigenvalue weighted by atomic mass is 10.1. The molecular formula is C10H13ClFNO4S2. The molecule has 0 bridgehead atoms. The normalized spacial score (nSPS) is 12.6. The highest BCUT2D eigenvalue weighted by Crippen LogP contribution is 2.21. The summed E-state index contributed by atoms with van der Waals surface area (Å²) < 4.78 is 60.6. The van der Waals surface area contributed by atoms with Crippen LogP contribution in [0.5, 0.6) is 0 Å². The minimum Gasteiger partial charge on any atom is -0.212 e. The van der Waals surface area contributed by atoms with Crippen LogP contribution >= 0.6 is 10.7 Å². The van der Waals surface area contributed by atoms with Crippen LogP contribution in [0.3, 0.4) is 0 Å². The van der Waals surface area contributed by atoms with Crippen molar-refractivity contribution in [1.82, 2.24) is 4.72 Å². The highest BCUT2D eigenvalue weighted by Gasteiger charge is 2.20. The highest BCUT2D eigenvalue weighted by atomic mass is 35.7. The fourth-order valence-corrected chi connectivity index (χ4v) is 3.88. The van der Waals surface area contributed by atoms with E-state index in [1.54, 1.807) is 0 Å². The first-order valence-electron chi connectivity index (χ1n) is 5.22. The van der Waals surface area contributed by atoms with Crippen LogP contribution in [0.4, 0.5) is 4.39 Å². The van der Waals surface area contributed by atoms with Gasteiger partial charge in [-0.25, -0.2) is 25.9 Å². The average Bonchev–Trinajstić information content (AvgIpc) is 2.11. The number of benzene rings is 1. The van der Waals surface area contributed by atoms with Crippen molar-refractivity contribution in [2.75, 3.05) is 12.3 Å². The van der Waals surface area contributed by atoms with E-state index in [9.17, 15) is 21.2 Å². The zero-order valence-corrected chi connectivity index (χ0v) is 12.7. The van der Waals surface area contributed by atoms with E-state index in [1.165, 1.54) is 13.8 Å². The molecule has 5 nitrogen and oxygen atoms in total. The zero-order chi connectivity index (χ0) is 14.8. The predicted octanol–water partition coefficient (Wildman–Crippen LogP) is 1.29. The average molecular weight is 330 g/mol. The van der Waals surface area contributed by atoms with Gasteiger partial charge in [-0.1, -0.05) is 0 Å². The van der Waals surface area contributed by atoms with Crippen molar-refractivity contribution in [3.05, 3.63) is 29.1 Å². The van der Waals surface area contributed by atoms with Crippen LogP contribution in [0.1, 0.15) is 11.1 Å². The maximum Gasteiger partial charge on any atom is 0.241 e. The quantitative estimate of drug-likeness (QED) is 0.825. The Hall–Kier alpha value is -0.700. The lowest BCUT2D eigenvalue weighted by Gasteiger charge is -2.11. The Morgan fingerprint density at radius 3 is 2.05 bits per heavy atom. The molecule has 0 saturated heterocycles. The summed E-state index contributed by atoms with van der Waals surface area (Å²) in [5.41, 5.74) is 0.498. The van der Waals surface area contributed by atoms with Crippen LogP contribution in [-0.2, 0) is 19.1 Å². The van der Waals surface area contributed by atoms with Crippen molar-refractivity contribution in [3.8, 4) is 0 Å². The largest absolute Gasteiger partial charge is 0.241 e. The number of rotatable bonds is 5. The highest BCUT2D eigenvalue weighted by molar-refractivity contribution is 8.13. The molecule has 0 fully saturated rings. The van der Waals surface area contributed by atoms with Crippen LogP contribution in [0.15, 0.2) is 17.0 Å². The molecule has 0 atom stereocenters. The smallest absolute Gasteiger partial charge is 0.212 e. The van der Waals surface area contributed by atoms with Gasteiger partial charge in [-0.15, -0.1) is 0 Å². The molecule has 108 valence electrons. The van der Waals surface area contributed by atoms with Gasteiger partial charge < -0.3 is 0 Å². The van der Waals surface area contributed by atoms with Crippen LogP contribution in [0.2, 0.25) is 0 Å². The molecule has 0 unspecified atom stereocenters. The molecule has 0 aliphatic rings. The van der Waals surface area contributed by atoms with Crippen molar-refractivity contribution in [3.63, 3.8) is 0 Å². The zero-order valence-electron chi connectivity index (χ0n) is 10.3. The number of hydrogen-bond donors (Lipinski definition) is 1. The lowest BCUT2D eigenvalue weighted by molar-refractivity contribution is 0.580. The van der Waals surface area contributed by atoms with E-state index in [-0.39, 0.29) is 22.6 Å². The van der Waals surface area contributed by atoms with Gasteiger partial charge in [-0.3, -0.25) is 0 Å². The molecule has 0 heterocycles. The second-order valence-corrected chi connectivity index (χ2v) is 8.61. The Balaban J connectivity index is 3.02. The predicted molar refractivity (Wildman–Crippen MR) is 70.7 cm³/mol. The molecule has 1 aromatic rings. The number of nitrogens with one attached hydrogen (secondary N) is 1. The van der Waals surface area contributed by atoms with Crippen LogP contribution in [0.25, 0.3) is 0 Å². The number of hydrogen-bond acceptors (Lipinski definition) is 4. The Morgan fingerprint density at radius 2 is 1.63 bits per heavy atom. The van der Waals surface area contributed by atoms with E-state index < -0.39 is 30.6 Å². The van der Waals surface area contributed by atoms with Gasteiger partial charge in [-0.05, 0) is 37.1 Å². The molecule has 1 rings (SSSR count). The van der Waals surface area contributed by atoms with Crippen molar-refractivity contribution in [1.29, 1.82) is 0 Å². The standard InChI is InChI=1S/C10H13ClFNO4S2/c1-7-5-9(12)6-8(2)10(7)19(16,17)13-3-4-18(11,14)15/h5-6,13H,3-4H2,1-2H3. The maximum absolute atomic E-state index is 13.1. The molecule has 0 saturated carbocycles. The third-order valence-electron chi connectivity index (χ3n) is 2.33. The van der Waals surface area contributed by atoms with Crippen LogP contribution in [-0.4, -0.2) is 29.1 Å². The Kier molecular flexibility index (Phi) is 4.94. The minimum absolute atomic E-state index is 0.0547. The third kappa shape index (κ3) is 4.72. The molecular weight excluding hydrogens is 317 g/mol. The summed E-state index contributed by atoms with van der Waals surface area (Å²) in [5.74, 6) is -1.05. The summed E-state index contributed by atoms with van der Waals surface area (Å²) in [6.45, 7) is 2.58. The van der Waals surface area contributed by atoms with Gasteiger partial charge in [0.25, 0.3) is 0 Å². The lowest BCUT2D eigenvalue weighted by Crippen LogP contribution is -2.29. The molecule has 1 aromatic carbocycles. The molecule has 0 aromatic heterocycles. The summed E-state index contributed by atoms with van der Waals surface area (Å²) in [4.78, 5) is -0.0547. The fourth-order valence-electron chi connectivity index (χ4n) is 1.69. The number of aryl methyl sites for hydroxylation is 2. The van der Waals surface area contributed by atoms with Crippen LogP contribution in [0, 0.1) is 19.7 Å². The molecule has 0 spiro atoms. The second kappa shape index (κ2) is 5.74. The van der Waals surface area contributed by atoms with Gasteiger partial charge in [0.1, 0.15) is 5.82 Å². The van der Waals surface area contributed by atoms with Gasteiger partial charge in [-0.2, -0.15) is 0 Å². The molecule has 0 radical (unpaired) electrons. The molecule has 0 aliphatic heterocycles. The van der Waals surface area contributed by atoms with Gasteiger partial charge in [0.05, 0.1) is 10.6 Å². The Morgan fingerprint density at radius 1 is 1.16 bits per heavy atom. The number of sulfonamides is 1. The first-order chi connectivity index (χ1) is 8.53. The molecule has 0 amide bonds. The maximum atomic E-state index is 13.1. The topological polar surface area (TPSA) is 80.3 Å². The van der Waals surface area contributed by atoms with Gasteiger partial charge in [0.15, 0.2) is 0 Å². The van der Waals surface area contributed by atoms with E-state index in [0.29, 0.717) is 0 Å². The minimum atomic E-state index is -3.90. The first kappa shape index (κ1) is 16.4. The summed E-state index contributed by atoms with van der Waals surface area (Å²) in [6, 6.07) is 2.19. The monoisotopic (exact) mass is 329 g/mol. The van der Waals surface area contributed by atoms with E-state index in [0.717, 1.165) is 12.1 Å². The molecule has 19 heavy (non-hydrogen) atoms. The molecule has 1 N–H and O–H groups in total. The van der Waals surface area contributed by atoms with E-state index in [2.05, 4.69) is 4.72 Å². The second-order valence-electron chi connectivity index (χ2n) is 4.01. The summed E-state index contributed by atoms with van der Waals surface area (Å²) >= 11 is 0. The van der Waals surface area contributed by atoms with Crippen molar-refractivity contribution in [2.24, 2.45) is 0 Å². The molecule has 0 aliphatic carbocycles. The fraction of sp³-hybridized carbons (Fsp3) is 0.400. The van der Waals surface area contributed by atoms with Gasteiger partial charge in [0.2, 0.25) is 19.1 Å². The van der Waals surface area contributed by atoms with E-state index in [4.69, 9.17) is 10.7 Å².